The number of ether oxygens (including phenoxy) is 1. The molecule has 0 unspecified atom stereocenters. The normalized spacial score (nSPS) is 39.1. The van der Waals surface area contributed by atoms with E-state index in [-0.39, 0.29) is 23.0 Å². The number of amides is 1. The number of hydrogen-bond donors (Lipinski definition) is 1. The zero-order valence-corrected chi connectivity index (χ0v) is 10.8. The molecule has 0 spiro atoms. The SMILES string of the molecule is COC(=O)CC12CCC3(CC1)CC(=O)NCCN32. The maximum absolute atomic E-state index is 11.8. The van der Waals surface area contributed by atoms with Crippen molar-refractivity contribution in [1.29, 1.82) is 0 Å². The summed E-state index contributed by atoms with van der Waals surface area (Å²) in [5.41, 5.74) is -0.0198. The fourth-order valence-corrected chi connectivity index (χ4v) is 4.25. The Morgan fingerprint density at radius 3 is 2.78 bits per heavy atom. The molecule has 0 atom stereocenters. The number of carbonyl (C=O) groups is 2. The Bertz CT molecular complexity index is 386. The Morgan fingerprint density at radius 1 is 1.39 bits per heavy atom. The number of hydrogen-bond acceptors (Lipinski definition) is 4. The van der Waals surface area contributed by atoms with E-state index in [0.29, 0.717) is 19.4 Å². The number of rotatable bonds is 2. The Kier molecular flexibility index (Phi) is 2.62. The smallest absolute Gasteiger partial charge is 0.307 e. The monoisotopic (exact) mass is 252 g/mol. The summed E-state index contributed by atoms with van der Waals surface area (Å²) in [7, 11) is 1.45. The molecule has 3 heterocycles. The van der Waals surface area contributed by atoms with Crippen LogP contribution in [0.25, 0.3) is 0 Å². The lowest BCUT2D eigenvalue weighted by Crippen LogP contribution is -2.48. The summed E-state index contributed by atoms with van der Waals surface area (Å²) in [6.07, 6.45) is 5.19. The van der Waals surface area contributed by atoms with E-state index in [4.69, 9.17) is 4.74 Å². The molecule has 0 aromatic heterocycles. The van der Waals surface area contributed by atoms with Gasteiger partial charge in [-0.15, -0.1) is 0 Å². The van der Waals surface area contributed by atoms with E-state index < -0.39 is 0 Å². The Hall–Kier alpha value is -1.10. The van der Waals surface area contributed by atoms with Crippen LogP contribution < -0.4 is 5.32 Å². The highest BCUT2D eigenvalue weighted by Crippen LogP contribution is 2.56. The van der Waals surface area contributed by atoms with Gasteiger partial charge in [-0.25, -0.2) is 0 Å². The van der Waals surface area contributed by atoms with Gasteiger partial charge in [0.2, 0.25) is 5.91 Å². The van der Waals surface area contributed by atoms with Crippen LogP contribution in [0.2, 0.25) is 0 Å². The van der Waals surface area contributed by atoms with Gasteiger partial charge >= 0.3 is 5.97 Å². The predicted molar refractivity (Wildman–Crippen MR) is 64.9 cm³/mol. The van der Waals surface area contributed by atoms with Gasteiger partial charge in [-0.2, -0.15) is 0 Å². The quantitative estimate of drug-likeness (QED) is 0.724. The van der Waals surface area contributed by atoms with Gasteiger partial charge in [0.25, 0.3) is 0 Å². The molecular formula is C13H20N2O3. The second-order valence-electron chi connectivity index (χ2n) is 5.88. The van der Waals surface area contributed by atoms with Crippen molar-refractivity contribution in [1.82, 2.24) is 10.2 Å². The van der Waals surface area contributed by atoms with E-state index in [2.05, 4.69) is 10.2 Å². The summed E-state index contributed by atoms with van der Waals surface area (Å²) in [6, 6.07) is 0. The fraction of sp³-hybridized carbons (Fsp3) is 0.846. The largest absolute Gasteiger partial charge is 0.469 e. The van der Waals surface area contributed by atoms with Gasteiger partial charge in [0.15, 0.2) is 0 Å². The number of nitrogens with one attached hydrogen (secondary N) is 1. The van der Waals surface area contributed by atoms with Crippen LogP contribution in [0.5, 0.6) is 0 Å². The number of methoxy groups -OCH3 is 1. The fourth-order valence-electron chi connectivity index (χ4n) is 4.25. The third kappa shape index (κ3) is 1.56. The van der Waals surface area contributed by atoms with Crippen LogP contribution in [0.3, 0.4) is 0 Å². The summed E-state index contributed by atoms with van der Waals surface area (Å²) in [5, 5.41) is 2.94. The molecule has 0 aromatic carbocycles. The summed E-state index contributed by atoms with van der Waals surface area (Å²) in [4.78, 5) is 25.8. The van der Waals surface area contributed by atoms with Crippen LogP contribution >= 0.6 is 0 Å². The molecule has 2 bridgehead atoms. The van der Waals surface area contributed by atoms with E-state index in [1.165, 1.54) is 7.11 Å². The Labute approximate surface area is 107 Å². The molecular weight excluding hydrogens is 232 g/mol. The van der Waals surface area contributed by atoms with Crippen molar-refractivity contribution in [2.24, 2.45) is 0 Å². The summed E-state index contributed by atoms with van der Waals surface area (Å²) < 4.78 is 4.84. The van der Waals surface area contributed by atoms with Crippen LogP contribution in [-0.4, -0.2) is 48.1 Å². The van der Waals surface area contributed by atoms with Gasteiger partial charge in [0.1, 0.15) is 0 Å². The predicted octanol–water partition coefficient (Wildman–Crippen LogP) is 0.437. The first-order chi connectivity index (χ1) is 8.60. The lowest BCUT2D eigenvalue weighted by molar-refractivity contribution is -0.143. The molecule has 3 saturated heterocycles. The average molecular weight is 252 g/mol. The molecule has 0 aliphatic carbocycles. The van der Waals surface area contributed by atoms with E-state index >= 15 is 0 Å². The van der Waals surface area contributed by atoms with Crippen molar-refractivity contribution in [3.05, 3.63) is 0 Å². The minimum absolute atomic E-state index is 0.0224. The standard InChI is InChI=1S/C13H20N2O3/c1-18-11(17)9-13-4-2-12(3-5-13)8-10(16)14-6-7-15(12)13/h2-9H2,1H3,(H,14,16). The van der Waals surface area contributed by atoms with Crippen molar-refractivity contribution >= 4 is 11.9 Å². The van der Waals surface area contributed by atoms with E-state index in [9.17, 15) is 9.59 Å². The molecule has 3 rings (SSSR count). The zero-order valence-electron chi connectivity index (χ0n) is 10.8. The molecule has 18 heavy (non-hydrogen) atoms. The van der Waals surface area contributed by atoms with Crippen molar-refractivity contribution in [3.63, 3.8) is 0 Å². The second-order valence-corrected chi connectivity index (χ2v) is 5.88. The Morgan fingerprint density at radius 2 is 2.11 bits per heavy atom. The average Bonchev–Trinajstić information content (AvgIpc) is 2.72. The van der Waals surface area contributed by atoms with Crippen LogP contribution in [0.4, 0.5) is 0 Å². The van der Waals surface area contributed by atoms with Gasteiger partial charge in [-0.1, -0.05) is 0 Å². The first-order valence-electron chi connectivity index (χ1n) is 6.72. The van der Waals surface area contributed by atoms with Crippen molar-refractivity contribution in [3.8, 4) is 0 Å². The lowest BCUT2D eigenvalue weighted by atomic mass is 9.79. The summed E-state index contributed by atoms with van der Waals surface area (Å²) in [6.45, 7) is 1.56. The van der Waals surface area contributed by atoms with Gasteiger partial charge in [0.05, 0.1) is 13.5 Å². The zero-order chi connectivity index (χ0) is 12.8. The van der Waals surface area contributed by atoms with Crippen LogP contribution in [-0.2, 0) is 14.3 Å². The molecule has 3 aliphatic heterocycles. The maximum Gasteiger partial charge on any atom is 0.307 e. The third-order valence-corrected chi connectivity index (χ3v) is 5.10. The lowest BCUT2D eigenvalue weighted by Gasteiger charge is -2.37. The molecule has 0 aromatic rings. The van der Waals surface area contributed by atoms with E-state index in [1.54, 1.807) is 0 Å². The highest BCUT2D eigenvalue weighted by atomic mass is 16.5. The summed E-state index contributed by atoms with van der Waals surface area (Å²) in [5.74, 6) is 0.0319. The Balaban J connectivity index is 1.87. The number of nitrogens with zero attached hydrogens (tertiary/aromatic N) is 1. The highest BCUT2D eigenvalue weighted by Gasteiger charge is 2.61. The molecule has 100 valence electrons. The van der Waals surface area contributed by atoms with E-state index in [0.717, 1.165) is 32.2 Å². The van der Waals surface area contributed by atoms with Crippen LogP contribution in [0.15, 0.2) is 0 Å². The molecule has 3 aliphatic rings. The minimum Gasteiger partial charge on any atom is -0.469 e. The van der Waals surface area contributed by atoms with Crippen molar-refractivity contribution < 1.29 is 14.3 Å². The van der Waals surface area contributed by atoms with Crippen LogP contribution in [0.1, 0.15) is 38.5 Å². The van der Waals surface area contributed by atoms with Crippen molar-refractivity contribution in [2.75, 3.05) is 20.2 Å². The second kappa shape index (κ2) is 3.95. The maximum atomic E-state index is 11.8. The molecule has 0 saturated carbocycles. The van der Waals surface area contributed by atoms with Gasteiger partial charge in [0, 0.05) is 30.6 Å². The molecule has 1 amide bonds. The summed E-state index contributed by atoms with van der Waals surface area (Å²) >= 11 is 0. The van der Waals surface area contributed by atoms with Gasteiger partial charge in [-0.05, 0) is 25.7 Å². The van der Waals surface area contributed by atoms with Crippen LogP contribution in [0, 0.1) is 0 Å². The molecule has 5 heteroatoms. The number of carbonyl (C=O) groups excluding carboxylic acids is 2. The minimum atomic E-state index is -0.128. The molecule has 0 radical (unpaired) electrons. The van der Waals surface area contributed by atoms with Gasteiger partial charge in [-0.3, -0.25) is 14.5 Å². The molecule has 3 fully saturated rings. The van der Waals surface area contributed by atoms with Crippen molar-refractivity contribution in [2.45, 2.75) is 49.6 Å². The highest BCUT2D eigenvalue weighted by molar-refractivity contribution is 5.78. The topological polar surface area (TPSA) is 58.6 Å². The van der Waals surface area contributed by atoms with Gasteiger partial charge < -0.3 is 10.1 Å². The van der Waals surface area contributed by atoms with E-state index in [1.807, 2.05) is 0 Å². The number of esters is 1. The molecule has 1 N–H and O–H groups in total. The third-order valence-electron chi connectivity index (χ3n) is 5.10. The first kappa shape index (κ1) is 12.0. The molecule has 5 nitrogen and oxygen atoms in total. The first-order valence-corrected chi connectivity index (χ1v) is 6.72.